The number of allylic oxidation sites excluding steroid dienone is 1. The summed E-state index contributed by atoms with van der Waals surface area (Å²) in [5, 5.41) is 9.38. The maximum absolute atomic E-state index is 9.38. The zero-order chi connectivity index (χ0) is 11.8. The van der Waals surface area contributed by atoms with Crippen LogP contribution in [0, 0.1) is 0 Å². The van der Waals surface area contributed by atoms with Crippen molar-refractivity contribution < 1.29 is 14.6 Å². The number of benzene rings is 1. The van der Waals surface area contributed by atoms with Crippen molar-refractivity contribution in [1.29, 1.82) is 0 Å². The van der Waals surface area contributed by atoms with Crippen molar-refractivity contribution in [3.05, 3.63) is 42.0 Å². The quantitative estimate of drug-likeness (QED) is 0.749. The van der Waals surface area contributed by atoms with Crippen molar-refractivity contribution in [3.8, 4) is 5.75 Å². The first-order valence-corrected chi connectivity index (χ1v) is 5.28. The van der Waals surface area contributed by atoms with Gasteiger partial charge in [-0.2, -0.15) is 0 Å². The van der Waals surface area contributed by atoms with Gasteiger partial charge in [0.25, 0.3) is 0 Å². The minimum absolute atomic E-state index is 0.316. The maximum atomic E-state index is 9.38. The lowest BCUT2D eigenvalue weighted by Gasteiger charge is -2.07. The maximum Gasteiger partial charge on any atom is 0.118 e. The molecule has 3 heteroatoms. The third kappa shape index (κ3) is 4.47. The lowest BCUT2D eigenvalue weighted by atomic mass is 10.2. The van der Waals surface area contributed by atoms with Crippen molar-refractivity contribution in [3.63, 3.8) is 0 Å². The summed E-state index contributed by atoms with van der Waals surface area (Å²) >= 11 is 0. The number of hydrogen-bond donors (Lipinski definition) is 1. The number of hydrogen-bond acceptors (Lipinski definition) is 3. The molecular formula is C13H18O3. The fourth-order valence-corrected chi connectivity index (χ4v) is 1.30. The molecule has 0 aromatic heterocycles. The van der Waals surface area contributed by atoms with Crippen molar-refractivity contribution >= 4 is 0 Å². The van der Waals surface area contributed by atoms with Crippen LogP contribution in [0.4, 0.5) is 0 Å². The molecule has 0 saturated carbocycles. The molecule has 1 rings (SSSR count). The molecular weight excluding hydrogens is 204 g/mol. The normalized spacial score (nSPS) is 12.9. The van der Waals surface area contributed by atoms with Gasteiger partial charge < -0.3 is 14.6 Å². The fourth-order valence-electron chi connectivity index (χ4n) is 1.30. The van der Waals surface area contributed by atoms with E-state index in [1.165, 1.54) is 0 Å². The van der Waals surface area contributed by atoms with Gasteiger partial charge in [-0.05, 0) is 24.6 Å². The second-order valence-corrected chi connectivity index (χ2v) is 3.46. The summed E-state index contributed by atoms with van der Waals surface area (Å²) in [4.78, 5) is 0. The molecule has 0 aliphatic carbocycles. The summed E-state index contributed by atoms with van der Waals surface area (Å²) in [7, 11) is 1.64. The SMILES string of the molecule is C/C=C/[C@@H](O)COCc1ccc(OC)cc1. The van der Waals surface area contributed by atoms with Crippen LogP contribution in [-0.2, 0) is 11.3 Å². The third-order valence-corrected chi connectivity index (χ3v) is 2.13. The molecule has 0 spiro atoms. The Balaban J connectivity index is 2.31. The van der Waals surface area contributed by atoms with E-state index in [-0.39, 0.29) is 0 Å². The van der Waals surface area contributed by atoms with Crippen LogP contribution in [0.15, 0.2) is 36.4 Å². The minimum atomic E-state index is -0.525. The molecule has 0 aliphatic heterocycles. The summed E-state index contributed by atoms with van der Waals surface area (Å²) in [6.07, 6.45) is 2.98. The summed E-state index contributed by atoms with van der Waals surface area (Å²) < 4.78 is 10.4. The molecule has 3 nitrogen and oxygen atoms in total. The zero-order valence-corrected chi connectivity index (χ0v) is 9.72. The lowest BCUT2D eigenvalue weighted by molar-refractivity contribution is 0.0503. The minimum Gasteiger partial charge on any atom is -0.497 e. The molecule has 0 unspecified atom stereocenters. The number of ether oxygens (including phenoxy) is 2. The molecule has 1 aromatic carbocycles. The van der Waals surface area contributed by atoms with Gasteiger partial charge in [-0.25, -0.2) is 0 Å². The molecule has 1 atom stereocenters. The zero-order valence-electron chi connectivity index (χ0n) is 9.72. The molecule has 0 bridgehead atoms. The fraction of sp³-hybridized carbons (Fsp3) is 0.385. The van der Waals surface area contributed by atoms with Crippen LogP contribution in [0.3, 0.4) is 0 Å². The van der Waals surface area contributed by atoms with E-state index >= 15 is 0 Å². The first-order chi connectivity index (χ1) is 7.76. The Kier molecular flexibility index (Phi) is 5.61. The summed E-state index contributed by atoms with van der Waals surface area (Å²) in [6, 6.07) is 7.67. The highest BCUT2D eigenvalue weighted by Gasteiger charge is 1.99. The highest BCUT2D eigenvalue weighted by atomic mass is 16.5. The van der Waals surface area contributed by atoms with E-state index in [9.17, 15) is 5.11 Å². The van der Waals surface area contributed by atoms with E-state index in [0.717, 1.165) is 11.3 Å². The van der Waals surface area contributed by atoms with Crippen molar-refractivity contribution in [1.82, 2.24) is 0 Å². The van der Waals surface area contributed by atoms with E-state index in [0.29, 0.717) is 13.2 Å². The summed E-state index contributed by atoms with van der Waals surface area (Å²) in [6.45, 7) is 2.68. The van der Waals surface area contributed by atoms with E-state index < -0.39 is 6.10 Å². The molecule has 0 aliphatic rings. The van der Waals surface area contributed by atoms with E-state index in [1.54, 1.807) is 19.3 Å². The predicted molar refractivity (Wildman–Crippen MR) is 63.5 cm³/mol. The highest BCUT2D eigenvalue weighted by molar-refractivity contribution is 5.26. The van der Waals surface area contributed by atoms with Crippen LogP contribution in [0.5, 0.6) is 5.75 Å². The van der Waals surface area contributed by atoms with Gasteiger partial charge in [0.15, 0.2) is 0 Å². The first-order valence-electron chi connectivity index (χ1n) is 5.28. The second-order valence-electron chi connectivity index (χ2n) is 3.46. The lowest BCUT2D eigenvalue weighted by Crippen LogP contribution is -2.11. The molecule has 0 heterocycles. The second kappa shape index (κ2) is 7.04. The molecule has 0 amide bonds. The average Bonchev–Trinajstić information content (AvgIpc) is 2.30. The molecule has 0 radical (unpaired) electrons. The molecule has 0 saturated heterocycles. The topological polar surface area (TPSA) is 38.7 Å². The van der Waals surface area contributed by atoms with Crippen LogP contribution >= 0.6 is 0 Å². The van der Waals surface area contributed by atoms with Gasteiger partial charge >= 0.3 is 0 Å². The molecule has 88 valence electrons. The Bertz CT molecular complexity index is 316. The number of methoxy groups -OCH3 is 1. The van der Waals surface area contributed by atoms with Crippen LogP contribution in [0.1, 0.15) is 12.5 Å². The molecule has 1 aromatic rings. The van der Waals surface area contributed by atoms with Gasteiger partial charge in [0, 0.05) is 0 Å². The molecule has 16 heavy (non-hydrogen) atoms. The van der Waals surface area contributed by atoms with E-state index in [1.807, 2.05) is 31.2 Å². The molecule has 0 fully saturated rings. The van der Waals surface area contributed by atoms with Crippen LogP contribution in [0.25, 0.3) is 0 Å². The van der Waals surface area contributed by atoms with E-state index in [4.69, 9.17) is 9.47 Å². The van der Waals surface area contributed by atoms with Gasteiger partial charge in [-0.1, -0.05) is 24.3 Å². The largest absolute Gasteiger partial charge is 0.497 e. The van der Waals surface area contributed by atoms with Gasteiger partial charge in [-0.15, -0.1) is 0 Å². The Morgan fingerprint density at radius 1 is 1.31 bits per heavy atom. The van der Waals surface area contributed by atoms with Crippen molar-refractivity contribution in [2.24, 2.45) is 0 Å². The average molecular weight is 222 g/mol. The number of aliphatic hydroxyl groups excluding tert-OH is 1. The van der Waals surface area contributed by atoms with Gasteiger partial charge in [0.2, 0.25) is 0 Å². The first kappa shape index (κ1) is 12.7. The van der Waals surface area contributed by atoms with Gasteiger partial charge in [-0.3, -0.25) is 0 Å². The number of aliphatic hydroxyl groups is 1. The van der Waals surface area contributed by atoms with Gasteiger partial charge in [0.05, 0.1) is 26.4 Å². The smallest absolute Gasteiger partial charge is 0.118 e. The predicted octanol–water partition coefficient (Wildman–Crippen LogP) is 2.15. The molecule has 1 N–H and O–H groups in total. The highest BCUT2D eigenvalue weighted by Crippen LogP contribution is 2.11. The Morgan fingerprint density at radius 3 is 2.56 bits per heavy atom. The summed E-state index contributed by atoms with van der Waals surface area (Å²) in [5.74, 6) is 0.831. The summed E-state index contributed by atoms with van der Waals surface area (Å²) in [5.41, 5.74) is 1.06. The van der Waals surface area contributed by atoms with Crippen molar-refractivity contribution in [2.75, 3.05) is 13.7 Å². The number of rotatable bonds is 6. The standard InChI is InChI=1S/C13H18O3/c1-3-4-12(14)10-16-9-11-5-7-13(15-2)8-6-11/h3-8,12,14H,9-10H2,1-2H3/b4-3+/t12-/m1/s1. The van der Waals surface area contributed by atoms with Gasteiger partial charge in [0.1, 0.15) is 5.75 Å². The van der Waals surface area contributed by atoms with E-state index in [2.05, 4.69) is 0 Å². The van der Waals surface area contributed by atoms with Crippen molar-refractivity contribution in [2.45, 2.75) is 19.6 Å². The van der Waals surface area contributed by atoms with Crippen LogP contribution in [-0.4, -0.2) is 24.9 Å². The third-order valence-electron chi connectivity index (χ3n) is 2.13. The Labute approximate surface area is 96.3 Å². The van der Waals surface area contributed by atoms with Crippen LogP contribution in [0.2, 0.25) is 0 Å². The van der Waals surface area contributed by atoms with Crippen LogP contribution < -0.4 is 4.74 Å². The Hall–Kier alpha value is -1.32. The monoisotopic (exact) mass is 222 g/mol. The Morgan fingerprint density at radius 2 is 2.00 bits per heavy atom.